The van der Waals surface area contributed by atoms with Crippen LogP contribution in [0.5, 0.6) is 5.75 Å². The van der Waals surface area contributed by atoms with Crippen LogP contribution < -0.4 is 10.1 Å². The summed E-state index contributed by atoms with van der Waals surface area (Å²) in [7, 11) is 0. The van der Waals surface area contributed by atoms with E-state index in [2.05, 4.69) is 5.32 Å². The van der Waals surface area contributed by atoms with Crippen molar-refractivity contribution in [3.05, 3.63) is 24.0 Å². The van der Waals surface area contributed by atoms with Gasteiger partial charge < -0.3 is 15.0 Å². The second-order valence-electron chi connectivity index (χ2n) is 5.91. The van der Waals surface area contributed by atoms with E-state index in [1.807, 2.05) is 13.8 Å². The van der Waals surface area contributed by atoms with Gasteiger partial charge in [0.25, 0.3) is 0 Å². The van der Waals surface area contributed by atoms with E-state index < -0.39 is 11.9 Å². The van der Waals surface area contributed by atoms with Crippen molar-refractivity contribution >= 4 is 17.5 Å². The smallest absolute Gasteiger partial charge is 0.247 e. The second-order valence-corrected chi connectivity index (χ2v) is 5.91. The Hall–Kier alpha value is -2.11. The normalized spacial score (nSPS) is 17.4. The Morgan fingerprint density at radius 1 is 1.43 bits per heavy atom. The predicted octanol–water partition coefficient (Wildman–Crippen LogP) is 2.81. The molecule has 2 amide bonds. The van der Waals surface area contributed by atoms with Gasteiger partial charge in [0, 0.05) is 18.5 Å². The molecule has 1 heterocycles. The van der Waals surface area contributed by atoms with Crippen LogP contribution in [0.2, 0.25) is 0 Å². The van der Waals surface area contributed by atoms with E-state index in [1.165, 1.54) is 18.2 Å². The molecule has 1 N–H and O–H groups in total. The minimum absolute atomic E-state index is 0.0215. The number of rotatable bonds is 5. The van der Waals surface area contributed by atoms with E-state index in [4.69, 9.17) is 4.74 Å². The summed E-state index contributed by atoms with van der Waals surface area (Å²) in [6.07, 6.45) is 1.44. The first-order chi connectivity index (χ1) is 10.9. The molecule has 0 saturated carbocycles. The van der Waals surface area contributed by atoms with E-state index >= 15 is 0 Å². The molecule has 1 saturated heterocycles. The molecule has 1 fully saturated rings. The maximum Gasteiger partial charge on any atom is 0.247 e. The Bertz CT molecular complexity index is 589. The largest absolute Gasteiger partial charge is 0.492 e. The summed E-state index contributed by atoms with van der Waals surface area (Å²) in [5.41, 5.74) is 0.419. The lowest BCUT2D eigenvalue weighted by Gasteiger charge is -2.26. The van der Waals surface area contributed by atoms with Gasteiger partial charge in [-0.2, -0.15) is 0 Å². The minimum Gasteiger partial charge on any atom is -0.492 e. The molecule has 1 aliphatic rings. The lowest BCUT2D eigenvalue weighted by Crippen LogP contribution is -2.44. The van der Waals surface area contributed by atoms with Crippen molar-refractivity contribution in [1.29, 1.82) is 0 Å². The van der Waals surface area contributed by atoms with Crippen molar-refractivity contribution in [2.75, 3.05) is 18.5 Å². The zero-order chi connectivity index (χ0) is 17.0. The summed E-state index contributed by atoms with van der Waals surface area (Å²) in [5, 5.41) is 2.76. The molecule has 1 aliphatic heterocycles. The lowest BCUT2D eigenvalue weighted by molar-refractivity contribution is -0.139. The quantitative estimate of drug-likeness (QED) is 0.907. The maximum absolute atomic E-state index is 13.3. The summed E-state index contributed by atoms with van der Waals surface area (Å²) in [6, 6.07) is 3.50. The highest BCUT2D eigenvalue weighted by Crippen LogP contribution is 2.27. The lowest BCUT2D eigenvalue weighted by atomic mass is 10.1. The first-order valence-corrected chi connectivity index (χ1v) is 7.97. The van der Waals surface area contributed by atoms with Gasteiger partial charge in [0.2, 0.25) is 11.8 Å². The van der Waals surface area contributed by atoms with Crippen molar-refractivity contribution in [1.82, 2.24) is 4.90 Å². The fraction of sp³-hybridized carbons (Fsp3) is 0.529. The van der Waals surface area contributed by atoms with Gasteiger partial charge in [-0.25, -0.2) is 4.39 Å². The highest BCUT2D eigenvalue weighted by atomic mass is 19.1. The number of anilines is 1. The molecule has 5 nitrogen and oxygen atoms in total. The van der Waals surface area contributed by atoms with Crippen LogP contribution in [-0.4, -0.2) is 35.9 Å². The third-order valence-corrected chi connectivity index (χ3v) is 3.83. The Morgan fingerprint density at radius 2 is 2.17 bits per heavy atom. The Balaban J connectivity index is 2.14. The zero-order valence-corrected chi connectivity index (χ0v) is 13.8. The molecule has 126 valence electrons. The van der Waals surface area contributed by atoms with Gasteiger partial charge >= 0.3 is 0 Å². The number of likely N-dealkylation sites (tertiary alicyclic amines) is 1. The zero-order valence-electron chi connectivity index (χ0n) is 13.8. The third-order valence-electron chi connectivity index (χ3n) is 3.83. The molecule has 0 spiro atoms. The van der Waals surface area contributed by atoms with Gasteiger partial charge in [-0.05, 0) is 31.9 Å². The van der Waals surface area contributed by atoms with Crippen LogP contribution >= 0.6 is 0 Å². The molecule has 0 aromatic heterocycles. The van der Waals surface area contributed by atoms with Gasteiger partial charge in [-0.1, -0.05) is 13.8 Å². The van der Waals surface area contributed by atoms with E-state index in [-0.39, 0.29) is 17.7 Å². The highest BCUT2D eigenvalue weighted by Gasteiger charge is 2.35. The average molecular weight is 322 g/mol. The molecule has 2 rings (SSSR count). The average Bonchev–Trinajstić information content (AvgIpc) is 2.98. The predicted molar refractivity (Wildman–Crippen MR) is 85.8 cm³/mol. The topological polar surface area (TPSA) is 58.6 Å². The Kier molecular flexibility index (Phi) is 5.58. The fourth-order valence-electron chi connectivity index (χ4n) is 2.73. The van der Waals surface area contributed by atoms with Crippen molar-refractivity contribution in [3.63, 3.8) is 0 Å². The van der Waals surface area contributed by atoms with Gasteiger partial charge in [0.1, 0.15) is 17.6 Å². The number of hydrogen-bond acceptors (Lipinski definition) is 3. The first-order valence-electron chi connectivity index (χ1n) is 7.97. The summed E-state index contributed by atoms with van der Waals surface area (Å²) >= 11 is 0. The molecule has 0 radical (unpaired) electrons. The van der Waals surface area contributed by atoms with Gasteiger partial charge in [0.05, 0.1) is 12.3 Å². The standard InChI is InChI=1S/C17H23FN2O3/c1-4-23-15-10-12(18)7-8-13(15)19-16(21)14-6-5-9-20(14)17(22)11(2)3/h7-8,10-11,14H,4-6,9H2,1-3H3,(H,19,21). The number of amides is 2. The Labute approximate surface area is 135 Å². The van der Waals surface area contributed by atoms with Crippen molar-refractivity contribution in [2.45, 2.75) is 39.7 Å². The fourth-order valence-corrected chi connectivity index (χ4v) is 2.73. The number of nitrogens with zero attached hydrogens (tertiary/aromatic N) is 1. The molecule has 0 aliphatic carbocycles. The van der Waals surface area contributed by atoms with Crippen LogP contribution in [0.15, 0.2) is 18.2 Å². The number of nitrogens with one attached hydrogen (secondary N) is 1. The number of ether oxygens (including phenoxy) is 1. The van der Waals surface area contributed by atoms with Crippen molar-refractivity contribution in [2.24, 2.45) is 5.92 Å². The van der Waals surface area contributed by atoms with Crippen LogP contribution in [0, 0.1) is 11.7 Å². The molecular formula is C17H23FN2O3. The molecule has 6 heteroatoms. The number of hydrogen-bond donors (Lipinski definition) is 1. The van der Waals surface area contributed by atoms with Crippen LogP contribution in [0.3, 0.4) is 0 Å². The highest BCUT2D eigenvalue weighted by molar-refractivity contribution is 5.98. The van der Waals surface area contributed by atoms with Crippen LogP contribution in [0.4, 0.5) is 10.1 Å². The van der Waals surface area contributed by atoms with Crippen LogP contribution in [0.1, 0.15) is 33.6 Å². The molecule has 1 aromatic rings. The molecule has 23 heavy (non-hydrogen) atoms. The van der Waals surface area contributed by atoms with Gasteiger partial charge in [-0.3, -0.25) is 9.59 Å². The second kappa shape index (κ2) is 7.44. The minimum atomic E-state index is -0.482. The van der Waals surface area contributed by atoms with Crippen molar-refractivity contribution < 1.29 is 18.7 Å². The van der Waals surface area contributed by atoms with E-state index in [0.717, 1.165) is 6.42 Å². The summed E-state index contributed by atoms with van der Waals surface area (Å²) in [4.78, 5) is 26.4. The number of halogens is 1. The van der Waals surface area contributed by atoms with Crippen LogP contribution in [0.25, 0.3) is 0 Å². The van der Waals surface area contributed by atoms with E-state index in [1.54, 1.807) is 11.8 Å². The van der Waals surface area contributed by atoms with E-state index in [9.17, 15) is 14.0 Å². The van der Waals surface area contributed by atoms with Gasteiger partial charge in [-0.15, -0.1) is 0 Å². The summed E-state index contributed by atoms with van der Waals surface area (Å²) in [5.74, 6) is -0.562. The monoisotopic (exact) mass is 322 g/mol. The number of carbonyl (C=O) groups is 2. The SMILES string of the molecule is CCOc1cc(F)ccc1NC(=O)C1CCCN1C(=O)C(C)C. The first kappa shape index (κ1) is 17.2. The summed E-state index contributed by atoms with van der Waals surface area (Å²) < 4.78 is 18.7. The molecule has 1 unspecified atom stereocenters. The summed E-state index contributed by atoms with van der Waals surface area (Å²) in [6.45, 7) is 6.40. The third kappa shape index (κ3) is 4.00. The molecule has 1 atom stereocenters. The van der Waals surface area contributed by atoms with E-state index in [0.29, 0.717) is 31.0 Å². The van der Waals surface area contributed by atoms with Crippen LogP contribution in [-0.2, 0) is 9.59 Å². The van der Waals surface area contributed by atoms with Gasteiger partial charge in [0.15, 0.2) is 0 Å². The number of carbonyl (C=O) groups excluding carboxylic acids is 2. The Morgan fingerprint density at radius 3 is 2.83 bits per heavy atom. The molecular weight excluding hydrogens is 299 g/mol. The maximum atomic E-state index is 13.3. The molecule has 0 bridgehead atoms. The van der Waals surface area contributed by atoms with Crippen molar-refractivity contribution in [3.8, 4) is 5.75 Å². The molecule has 1 aromatic carbocycles. The number of benzene rings is 1.